The van der Waals surface area contributed by atoms with Crippen LogP contribution in [-0.2, 0) is 14.8 Å². The minimum absolute atomic E-state index is 0.114. The van der Waals surface area contributed by atoms with E-state index in [0.717, 1.165) is 0 Å². The molecule has 0 radical (unpaired) electrons. The largest absolute Gasteiger partial charge is 0.399 e. The van der Waals surface area contributed by atoms with E-state index in [0.29, 0.717) is 17.7 Å². The van der Waals surface area contributed by atoms with Gasteiger partial charge in [0.2, 0.25) is 10.0 Å². The molecule has 1 atom stereocenters. The SMILES string of the molecule is COCC(CCO)NS(=O)(=O)c1ccc(N)cc1C. The Morgan fingerprint density at radius 1 is 1.47 bits per heavy atom. The highest BCUT2D eigenvalue weighted by Gasteiger charge is 2.21. The van der Waals surface area contributed by atoms with Gasteiger partial charge in [0.05, 0.1) is 11.5 Å². The maximum absolute atomic E-state index is 12.2. The van der Waals surface area contributed by atoms with E-state index in [9.17, 15) is 8.42 Å². The molecule has 6 nitrogen and oxygen atoms in total. The summed E-state index contributed by atoms with van der Waals surface area (Å²) >= 11 is 0. The third-order valence-corrected chi connectivity index (χ3v) is 4.34. The Labute approximate surface area is 113 Å². The summed E-state index contributed by atoms with van der Waals surface area (Å²) < 4.78 is 31.9. The molecule has 0 aliphatic heterocycles. The summed E-state index contributed by atoms with van der Waals surface area (Å²) in [5.74, 6) is 0. The zero-order chi connectivity index (χ0) is 14.5. The summed E-state index contributed by atoms with van der Waals surface area (Å²) in [5.41, 5.74) is 6.69. The number of aryl methyl sites for hydroxylation is 1. The van der Waals surface area contributed by atoms with Gasteiger partial charge >= 0.3 is 0 Å². The first-order valence-electron chi connectivity index (χ1n) is 5.89. The number of anilines is 1. The number of nitrogen functional groups attached to an aromatic ring is 1. The van der Waals surface area contributed by atoms with Crippen molar-refractivity contribution >= 4 is 15.7 Å². The van der Waals surface area contributed by atoms with Gasteiger partial charge < -0.3 is 15.6 Å². The van der Waals surface area contributed by atoms with Gasteiger partial charge in [0.15, 0.2) is 0 Å². The molecular formula is C12H20N2O4S. The zero-order valence-corrected chi connectivity index (χ0v) is 11.9. The summed E-state index contributed by atoms with van der Waals surface area (Å²) in [6.07, 6.45) is 0.293. The number of rotatable bonds is 7. The van der Waals surface area contributed by atoms with E-state index in [1.165, 1.54) is 13.2 Å². The highest BCUT2D eigenvalue weighted by molar-refractivity contribution is 7.89. The normalized spacial score (nSPS) is 13.4. The Balaban J connectivity index is 2.96. The molecule has 0 heterocycles. The minimum atomic E-state index is -3.65. The van der Waals surface area contributed by atoms with Gasteiger partial charge in [-0.3, -0.25) is 0 Å². The Kier molecular flexibility index (Phi) is 5.74. The molecule has 0 saturated carbocycles. The zero-order valence-electron chi connectivity index (χ0n) is 11.1. The molecule has 1 unspecified atom stereocenters. The van der Waals surface area contributed by atoms with E-state index in [-0.39, 0.29) is 18.1 Å². The van der Waals surface area contributed by atoms with Crippen LogP contribution in [0.15, 0.2) is 23.1 Å². The molecule has 1 aromatic carbocycles. The van der Waals surface area contributed by atoms with Gasteiger partial charge in [-0.15, -0.1) is 0 Å². The summed E-state index contributed by atoms with van der Waals surface area (Å²) in [4.78, 5) is 0.181. The molecular weight excluding hydrogens is 268 g/mol. The van der Waals surface area contributed by atoms with Crippen molar-refractivity contribution in [3.05, 3.63) is 23.8 Å². The number of benzene rings is 1. The van der Waals surface area contributed by atoms with Crippen LogP contribution in [0, 0.1) is 6.92 Å². The first kappa shape index (κ1) is 15.9. The molecule has 0 fully saturated rings. The second-order valence-electron chi connectivity index (χ2n) is 4.31. The van der Waals surface area contributed by atoms with E-state index >= 15 is 0 Å². The van der Waals surface area contributed by atoms with Crippen LogP contribution in [0.25, 0.3) is 0 Å². The highest BCUT2D eigenvalue weighted by atomic mass is 32.2. The lowest BCUT2D eigenvalue weighted by Gasteiger charge is -2.18. The van der Waals surface area contributed by atoms with Crippen molar-refractivity contribution in [1.82, 2.24) is 4.72 Å². The number of ether oxygens (including phenoxy) is 1. The number of nitrogens with one attached hydrogen (secondary N) is 1. The van der Waals surface area contributed by atoms with E-state index in [1.54, 1.807) is 19.1 Å². The quantitative estimate of drug-likeness (QED) is 0.624. The highest BCUT2D eigenvalue weighted by Crippen LogP contribution is 2.18. The summed E-state index contributed by atoms with van der Waals surface area (Å²) in [5, 5.41) is 8.91. The van der Waals surface area contributed by atoms with Crippen LogP contribution in [-0.4, -0.2) is 39.9 Å². The second-order valence-corrected chi connectivity index (χ2v) is 5.99. The van der Waals surface area contributed by atoms with Gasteiger partial charge in [0.25, 0.3) is 0 Å². The molecule has 0 aliphatic rings. The van der Waals surface area contributed by atoms with Crippen molar-refractivity contribution in [2.75, 3.05) is 26.1 Å². The minimum Gasteiger partial charge on any atom is -0.399 e. The number of nitrogens with two attached hydrogens (primary N) is 1. The lowest BCUT2D eigenvalue weighted by molar-refractivity contribution is 0.158. The van der Waals surface area contributed by atoms with Crippen LogP contribution in [0.5, 0.6) is 0 Å². The lowest BCUT2D eigenvalue weighted by atomic mass is 10.2. The smallest absolute Gasteiger partial charge is 0.241 e. The third kappa shape index (κ3) is 4.46. The van der Waals surface area contributed by atoms with Crippen molar-refractivity contribution in [3.63, 3.8) is 0 Å². The van der Waals surface area contributed by atoms with E-state index in [2.05, 4.69) is 4.72 Å². The van der Waals surface area contributed by atoms with Crippen molar-refractivity contribution in [2.45, 2.75) is 24.3 Å². The van der Waals surface area contributed by atoms with Crippen LogP contribution >= 0.6 is 0 Å². The standard InChI is InChI=1S/C12H20N2O4S/c1-9-7-10(13)3-4-12(9)19(16,17)14-11(5-6-15)8-18-2/h3-4,7,11,14-15H,5-6,8,13H2,1-2H3. The summed E-state index contributed by atoms with van der Waals surface area (Å²) in [7, 11) is -2.17. The summed E-state index contributed by atoms with van der Waals surface area (Å²) in [6, 6.07) is 4.15. The maximum Gasteiger partial charge on any atom is 0.241 e. The van der Waals surface area contributed by atoms with Crippen LogP contribution in [0.3, 0.4) is 0 Å². The lowest BCUT2D eigenvalue weighted by Crippen LogP contribution is -2.38. The Hall–Kier alpha value is -1.15. The molecule has 7 heteroatoms. The second kappa shape index (κ2) is 6.85. The van der Waals surface area contributed by atoms with Gasteiger partial charge in [-0.1, -0.05) is 0 Å². The monoisotopic (exact) mass is 288 g/mol. The van der Waals surface area contributed by atoms with Crippen molar-refractivity contribution in [1.29, 1.82) is 0 Å². The van der Waals surface area contributed by atoms with Crippen LogP contribution in [0.1, 0.15) is 12.0 Å². The van der Waals surface area contributed by atoms with Gasteiger partial charge in [-0.05, 0) is 37.1 Å². The molecule has 1 aromatic rings. The predicted molar refractivity (Wildman–Crippen MR) is 73.3 cm³/mol. The predicted octanol–water partition coefficient (Wildman–Crippen LogP) is 0.253. The number of hydrogen-bond donors (Lipinski definition) is 3. The Bertz CT molecular complexity index is 510. The molecule has 4 N–H and O–H groups in total. The van der Waals surface area contributed by atoms with Crippen molar-refractivity contribution in [2.24, 2.45) is 0 Å². The van der Waals surface area contributed by atoms with Crippen LogP contribution < -0.4 is 10.5 Å². The van der Waals surface area contributed by atoms with Gasteiger partial charge in [0.1, 0.15) is 0 Å². The number of sulfonamides is 1. The van der Waals surface area contributed by atoms with Crippen LogP contribution in [0.2, 0.25) is 0 Å². The summed E-state index contributed by atoms with van der Waals surface area (Å²) in [6.45, 7) is 1.77. The van der Waals surface area contributed by atoms with Crippen molar-refractivity contribution < 1.29 is 18.3 Å². The molecule has 0 bridgehead atoms. The number of hydrogen-bond acceptors (Lipinski definition) is 5. The fourth-order valence-electron chi connectivity index (χ4n) is 1.79. The molecule has 0 aromatic heterocycles. The molecule has 0 spiro atoms. The molecule has 19 heavy (non-hydrogen) atoms. The maximum atomic E-state index is 12.2. The van der Waals surface area contributed by atoms with Crippen molar-refractivity contribution in [3.8, 4) is 0 Å². The van der Waals surface area contributed by atoms with Crippen LogP contribution in [0.4, 0.5) is 5.69 Å². The fourth-order valence-corrected chi connectivity index (χ4v) is 3.27. The van der Waals surface area contributed by atoms with E-state index in [4.69, 9.17) is 15.6 Å². The average molecular weight is 288 g/mol. The molecule has 1 rings (SSSR count). The third-order valence-electron chi connectivity index (χ3n) is 2.66. The van der Waals surface area contributed by atoms with E-state index < -0.39 is 16.1 Å². The topological polar surface area (TPSA) is 102 Å². The Morgan fingerprint density at radius 3 is 2.68 bits per heavy atom. The van der Waals surface area contributed by atoms with Gasteiger partial charge in [-0.2, -0.15) is 0 Å². The first-order valence-corrected chi connectivity index (χ1v) is 7.37. The van der Waals surface area contributed by atoms with Gasteiger partial charge in [-0.25, -0.2) is 13.1 Å². The molecule has 0 amide bonds. The average Bonchev–Trinajstić information content (AvgIpc) is 2.28. The number of aliphatic hydroxyl groups is 1. The molecule has 0 saturated heterocycles. The Morgan fingerprint density at radius 2 is 2.16 bits per heavy atom. The molecule has 108 valence electrons. The number of aliphatic hydroxyl groups excluding tert-OH is 1. The first-order chi connectivity index (χ1) is 8.90. The van der Waals surface area contributed by atoms with E-state index in [1.807, 2.05) is 0 Å². The molecule has 0 aliphatic carbocycles. The van der Waals surface area contributed by atoms with Gasteiger partial charge in [0, 0.05) is 25.4 Å². The fraction of sp³-hybridized carbons (Fsp3) is 0.500. The number of methoxy groups -OCH3 is 1.